The maximum atomic E-state index is 12.9. The second kappa shape index (κ2) is 12.9. The topological polar surface area (TPSA) is 102 Å². The molecule has 2 aromatic carbocycles. The average molecular weight is 596 g/mol. The molecule has 36 heavy (non-hydrogen) atoms. The number of halogens is 2. The van der Waals surface area contributed by atoms with Crippen LogP contribution in [-0.4, -0.2) is 47.7 Å². The number of ether oxygens (including phenoxy) is 2. The minimum absolute atomic E-state index is 0.104. The van der Waals surface area contributed by atoms with Gasteiger partial charge in [0.2, 0.25) is 5.91 Å². The molecular weight excluding hydrogens is 572 g/mol. The Kier molecular flexibility index (Phi) is 9.98. The van der Waals surface area contributed by atoms with Gasteiger partial charge in [-0.25, -0.2) is 4.79 Å². The second-order valence-corrected chi connectivity index (χ2v) is 9.99. The summed E-state index contributed by atoms with van der Waals surface area (Å²) in [5.41, 5.74) is 1.02. The molecule has 0 unspecified atom stereocenters. The number of amides is 3. The standard InChI is InChI=1S/C25H24BrClN2O6S/c1-3-9-34-20-8-5-16(26)11-15(20)12-21-23(31)29(25(33)36-21)14-22(30)28-17-6-7-19(27)18(13-17)24(32)35-10-4-2/h5-8,11-13H,3-4,9-10,14H2,1-2H3,(H,28,30)/b21-12+. The Bertz CT molecular complexity index is 1220. The lowest BCUT2D eigenvalue weighted by molar-refractivity contribution is -0.127. The molecule has 0 saturated carbocycles. The number of hydrogen-bond donors (Lipinski definition) is 1. The van der Waals surface area contributed by atoms with Gasteiger partial charge in [0.25, 0.3) is 11.1 Å². The first kappa shape index (κ1) is 27.8. The lowest BCUT2D eigenvalue weighted by Crippen LogP contribution is -2.36. The molecule has 0 aliphatic carbocycles. The third kappa shape index (κ3) is 7.11. The number of anilines is 1. The zero-order valence-corrected chi connectivity index (χ0v) is 22.8. The highest BCUT2D eigenvalue weighted by Crippen LogP contribution is 2.35. The predicted molar refractivity (Wildman–Crippen MR) is 143 cm³/mol. The van der Waals surface area contributed by atoms with E-state index in [2.05, 4.69) is 21.2 Å². The van der Waals surface area contributed by atoms with Crippen LogP contribution in [0.2, 0.25) is 5.02 Å². The van der Waals surface area contributed by atoms with E-state index in [9.17, 15) is 19.2 Å². The first-order valence-electron chi connectivity index (χ1n) is 11.2. The van der Waals surface area contributed by atoms with Gasteiger partial charge in [0.1, 0.15) is 12.3 Å². The molecule has 1 aliphatic rings. The molecule has 1 heterocycles. The van der Waals surface area contributed by atoms with E-state index in [4.69, 9.17) is 21.1 Å². The van der Waals surface area contributed by atoms with Gasteiger partial charge in [0.15, 0.2) is 0 Å². The minimum Gasteiger partial charge on any atom is -0.493 e. The molecule has 0 atom stereocenters. The summed E-state index contributed by atoms with van der Waals surface area (Å²) in [6, 6.07) is 9.74. The molecule has 1 fully saturated rings. The molecule has 0 bridgehead atoms. The zero-order valence-electron chi connectivity index (χ0n) is 19.6. The molecule has 2 aromatic rings. The van der Waals surface area contributed by atoms with Gasteiger partial charge in [-0.05, 0) is 67.1 Å². The van der Waals surface area contributed by atoms with Gasteiger partial charge in [0.05, 0.1) is 28.7 Å². The van der Waals surface area contributed by atoms with E-state index in [0.717, 1.165) is 27.6 Å². The number of rotatable bonds is 10. The smallest absolute Gasteiger partial charge is 0.339 e. The molecule has 0 spiro atoms. The normalized spacial score (nSPS) is 14.3. The maximum Gasteiger partial charge on any atom is 0.339 e. The van der Waals surface area contributed by atoms with E-state index < -0.39 is 29.6 Å². The molecule has 1 aliphatic heterocycles. The summed E-state index contributed by atoms with van der Waals surface area (Å²) in [4.78, 5) is 51.3. The predicted octanol–water partition coefficient (Wildman–Crippen LogP) is 6.13. The van der Waals surface area contributed by atoms with Crippen molar-refractivity contribution in [1.82, 2.24) is 4.90 Å². The molecule has 1 saturated heterocycles. The molecule has 190 valence electrons. The third-order valence-electron chi connectivity index (χ3n) is 4.80. The molecule has 1 N–H and O–H groups in total. The van der Waals surface area contributed by atoms with Gasteiger partial charge in [0, 0.05) is 15.7 Å². The van der Waals surface area contributed by atoms with Crippen molar-refractivity contribution in [3.05, 3.63) is 61.9 Å². The van der Waals surface area contributed by atoms with Crippen molar-refractivity contribution >= 4 is 74.1 Å². The molecule has 0 aromatic heterocycles. The van der Waals surface area contributed by atoms with E-state index in [1.54, 1.807) is 18.2 Å². The second-order valence-electron chi connectivity index (χ2n) is 7.68. The van der Waals surface area contributed by atoms with E-state index in [1.807, 2.05) is 19.9 Å². The number of imide groups is 1. The summed E-state index contributed by atoms with van der Waals surface area (Å²) in [5.74, 6) is -1.21. The lowest BCUT2D eigenvalue weighted by atomic mass is 10.2. The summed E-state index contributed by atoms with van der Waals surface area (Å²) in [6.45, 7) is 4.11. The van der Waals surface area contributed by atoms with Crippen molar-refractivity contribution in [2.45, 2.75) is 26.7 Å². The lowest BCUT2D eigenvalue weighted by Gasteiger charge is -2.13. The molecule has 8 nitrogen and oxygen atoms in total. The Morgan fingerprint density at radius 3 is 2.58 bits per heavy atom. The fourth-order valence-corrected chi connectivity index (χ4v) is 4.53. The van der Waals surface area contributed by atoms with Crippen molar-refractivity contribution in [1.29, 1.82) is 0 Å². The Balaban J connectivity index is 1.71. The monoisotopic (exact) mass is 594 g/mol. The van der Waals surface area contributed by atoms with E-state index in [-0.39, 0.29) is 27.8 Å². The van der Waals surface area contributed by atoms with Gasteiger partial charge in [-0.2, -0.15) is 0 Å². The Morgan fingerprint density at radius 1 is 1.11 bits per heavy atom. The summed E-state index contributed by atoms with van der Waals surface area (Å²) < 4.78 is 11.6. The van der Waals surface area contributed by atoms with Gasteiger partial charge in [-0.1, -0.05) is 41.4 Å². The van der Waals surface area contributed by atoms with Crippen LogP contribution in [0.25, 0.3) is 6.08 Å². The summed E-state index contributed by atoms with van der Waals surface area (Å²) >= 11 is 10.2. The van der Waals surface area contributed by atoms with Crippen molar-refractivity contribution in [2.75, 3.05) is 25.1 Å². The molecular formula is C25H24BrClN2O6S. The molecule has 3 rings (SSSR count). The number of esters is 1. The fraction of sp³-hybridized carbons (Fsp3) is 0.280. The average Bonchev–Trinajstić information content (AvgIpc) is 3.10. The van der Waals surface area contributed by atoms with E-state index >= 15 is 0 Å². The largest absolute Gasteiger partial charge is 0.493 e. The highest BCUT2D eigenvalue weighted by atomic mass is 79.9. The number of carbonyl (C=O) groups excluding carboxylic acids is 4. The number of hydrogen-bond acceptors (Lipinski definition) is 7. The van der Waals surface area contributed by atoms with Crippen LogP contribution in [0.5, 0.6) is 5.75 Å². The summed E-state index contributed by atoms with van der Waals surface area (Å²) in [6.07, 6.45) is 3.04. The van der Waals surface area contributed by atoms with Crippen LogP contribution in [0.4, 0.5) is 10.5 Å². The van der Waals surface area contributed by atoms with Crippen molar-refractivity contribution in [3.63, 3.8) is 0 Å². The van der Waals surface area contributed by atoms with E-state index in [0.29, 0.717) is 24.3 Å². The van der Waals surface area contributed by atoms with Crippen LogP contribution < -0.4 is 10.1 Å². The van der Waals surface area contributed by atoms with Crippen LogP contribution in [0.1, 0.15) is 42.6 Å². The summed E-state index contributed by atoms with van der Waals surface area (Å²) in [5, 5.41) is 2.20. The Labute approximate surface area is 226 Å². The molecule has 11 heteroatoms. The van der Waals surface area contributed by atoms with Crippen LogP contribution in [0.15, 0.2) is 45.8 Å². The van der Waals surface area contributed by atoms with Crippen molar-refractivity contribution < 1.29 is 28.7 Å². The van der Waals surface area contributed by atoms with Gasteiger partial charge < -0.3 is 14.8 Å². The van der Waals surface area contributed by atoms with Crippen molar-refractivity contribution in [3.8, 4) is 5.75 Å². The maximum absolute atomic E-state index is 12.9. The van der Waals surface area contributed by atoms with Gasteiger partial charge >= 0.3 is 5.97 Å². The molecule has 3 amide bonds. The van der Waals surface area contributed by atoms with Gasteiger partial charge in [-0.15, -0.1) is 0 Å². The van der Waals surface area contributed by atoms with Crippen LogP contribution >= 0.6 is 39.3 Å². The van der Waals surface area contributed by atoms with Crippen LogP contribution in [0, 0.1) is 0 Å². The first-order chi connectivity index (χ1) is 17.2. The SMILES string of the molecule is CCCOC(=O)c1cc(NC(=O)CN2C(=O)S/C(=C/c3cc(Br)ccc3OCCC)C2=O)ccc1Cl. The van der Waals surface area contributed by atoms with Crippen LogP contribution in [0.3, 0.4) is 0 Å². The number of nitrogens with one attached hydrogen (secondary N) is 1. The number of nitrogens with zero attached hydrogens (tertiary/aromatic N) is 1. The fourth-order valence-electron chi connectivity index (χ4n) is 3.13. The quantitative estimate of drug-likeness (QED) is 0.260. The number of benzene rings is 2. The Hall–Kier alpha value is -2.82. The zero-order chi connectivity index (χ0) is 26.2. The van der Waals surface area contributed by atoms with Crippen molar-refractivity contribution in [2.24, 2.45) is 0 Å². The number of carbonyl (C=O) groups is 4. The van der Waals surface area contributed by atoms with E-state index in [1.165, 1.54) is 18.2 Å². The number of thioether (sulfide) groups is 1. The van der Waals surface area contributed by atoms with Crippen LogP contribution in [-0.2, 0) is 14.3 Å². The first-order valence-corrected chi connectivity index (χ1v) is 13.2. The third-order valence-corrected chi connectivity index (χ3v) is 6.53. The van der Waals surface area contributed by atoms with Gasteiger partial charge in [-0.3, -0.25) is 19.3 Å². The highest BCUT2D eigenvalue weighted by molar-refractivity contribution is 9.10. The molecule has 0 radical (unpaired) electrons. The summed E-state index contributed by atoms with van der Waals surface area (Å²) in [7, 11) is 0. The minimum atomic E-state index is -0.608. The highest BCUT2D eigenvalue weighted by Gasteiger charge is 2.36. The Morgan fingerprint density at radius 2 is 1.86 bits per heavy atom.